The van der Waals surface area contributed by atoms with E-state index in [4.69, 9.17) is 4.74 Å². The number of benzene rings is 2. The van der Waals surface area contributed by atoms with Crippen LogP contribution in [-0.2, 0) is 19.6 Å². The molecule has 0 radical (unpaired) electrons. The average Bonchev–Trinajstić information content (AvgIpc) is 3.07. The van der Waals surface area contributed by atoms with Crippen molar-refractivity contribution in [3.05, 3.63) is 89.0 Å². The lowest BCUT2D eigenvalue weighted by Gasteiger charge is -2.19. The molecular weight excluding hydrogens is 507 g/mol. The van der Waals surface area contributed by atoms with Crippen LogP contribution in [0.1, 0.15) is 53.0 Å². The van der Waals surface area contributed by atoms with Crippen LogP contribution in [0.25, 0.3) is 11.8 Å². The molecule has 38 heavy (non-hydrogen) atoms. The van der Waals surface area contributed by atoms with E-state index >= 15 is 0 Å². The summed E-state index contributed by atoms with van der Waals surface area (Å²) in [6.07, 6.45) is 6.49. The molecule has 1 fully saturated rings. The number of esters is 1. The molecule has 1 aromatic heterocycles. The number of ether oxygens (including phenoxy) is 1. The largest absolute Gasteiger partial charge is 0.454 e. The number of hydrogen-bond donors (Lipinski definition) is 0. The molecule has 0 bridgehead atoms. The topological polar surface area (TPSA) is 85.7 Å². The second-order valence-corrected chi connectivity index (χ2v) is 11.3. The fourth-order valence-electron chi connectivity index (χ4n) is 4.66. The van der Waals surface area contributed by atoms with E-state index in [-0.39, 0.29) is 4.90 Å². The summed E-state index contributed by atoms with van der Waals surface area (Å²) >= 11 is 0. The summed E-state index contributed by atoms with van der Waals surface area (Å²) in [7, 11) is -3.55. The molecule has 0 N–H and O–H groups in total. The van der Waals surface area contributed by atoms with E-state index in [1.165, 1.54) is 34.7 Å². The molecule has 1 aliphatic rings. The van der Waals surface area contributed by atoms with E-state index in [1.54, 1.807) is 54.8 Å². The summed E-state index contributed by atoms with van der Waals surface area (Å²) < 4.78 is 48.4. The van der Waals surface area contributed by atoms with Crippen molar-refractivity contribution in [2.24, 2.45) is 0 Å². The Morgan fingerprint density at radius 1 is 0.974 bits per heavy atom. The number of halogens is 1. The van der Waals surface area contributed by atoms with Gasteiger partial charge in [0.2, 0.25) is 15.8 Å². The van der Waals surface area contributed by atoms with Crippen LogP contribution in [-0.4, -0.2) is 48.7 Å². The summed E-state index contributed by atoms with van der Waals surface area (Å²) in [5, 5.41) is 0. The van der Waals surface area contributed by atoms with Crippen LogP contribution in [0.15, 0.2) is 65.6 Å². The van der Waals surface area contributed by atoms with Gasteiger partial charge in [0.15, 0.2) is 6.61 Å². The van der Waals surface area contributed by atoms with Gasteiger partial charge in [-0.2, -0.15) is 4.31 Å². The zero-order valence-corrected chi connectivity index (χ0v) is 22.3. The van der Waals surface area contributed by atoms with Gasteiger partial charge in [-0.15, -0.1) is 0 Å². The lowest BCUT2D eigenvalue weighted by atomic mass is 10.1. The monoisotopic (exact) mass is 538 g/mol. The first kappa shape index (κ1) is 27.5. The van der Waals surface area contributed by atoms with E-state index < -0.39 is 34.2 Å². The van der Waals surface area contributed by atoms with Crippen molar-refractivity contribution in [2.75, 3.05) is 19.7 Å². The number of Topliss-reactive ketones (excluding diaryl/α,β-unsaturated/α-hetero) is 1. The van der Waals surface area contributed by atoms with Gasteiger partial charge in [-0.25, -0.2) is 17.6 Å². The molecule has 1 aliphatic heterocycles. The van der Waals surface area contributed by atoms with E-state index in [2.05, 4.69) is 0 Å². The fourth-order valence-corrected chi connectivity index (χ4v) is 6.17. The van der Waals surface area contributed by atoms with Gasteiger partial charge in [0.05, 0.1) is 10.6 Å². The summed E-state index contributed by atoms with van der Waals surface area (Å²) in [5.74, 6) is -1.51. The SMILES string of the molecule is Cc1cc(C(=O)COC(=O)/C=C/c2ccc(S(=O)(=O)N3CCCCCC3)cc2)c(C)n1-c1ccccc1F. The molecule has 7 nitrogen and oxygen atoms in total. The number of hydrogen-bond acceptors (Lipinski definition) is 5. The van der Waals surface area contributed by atoms with Crippen LogP contribution in [0.2, 0.25) is 0 Å². The third-order valence-corrected chi connectivity index (χ3v) is 8.58. The third kappa shape index (κ3) is 6.11. The molecule has 0 unspecified atom stereocenters. The molecule has 0 atom stereocenters. The second kappa shape index (κ2) is 11.9. The van der Waals surface area contributed by atoms with Crippen LogP contribution in [0, 0.1) is 19.7 Å². The Balaban J connectivity index is 1.36. The highest BCUT2D eigenvalue weighted by atomic mass is 32.2. The number of sulfonamides is 1. The summed E-state index contributed by atoms with van der Waals surface area (Å²) in [4.78, 5) is 25.2. The molecule has 0 amide bonds. The molecule has 2 aromatic carbocycles. The Morgan fingerprint density at radius 3 is 2.29 bits per heavy atom. The molecule has 0 aliphatic carbocycles. The number of nitrogens with zero attached hydrogens (tertiary/aromatic N) is 2. The third-order valence-electron chi connectivity index (χ3n) is 6.67. The van der Waals surface area contributed by atoms with Crippen molar-refractivity contribution >= 4 is 27.9 Å². The van der Waals surface area contributed by atoms with Gasteiger partial charge in [0, 0.05) is 36.1 Å². The van der Waals surface area contributed by atoms with Crippen molar-refractivity contribution in [1.82, 2.24) is 8.87 Å². The maximum atomic E-state index is 14.3. The number of para-hydroxylation sites is 1. The number of ketones is 1. The minimum atomic E-state index is -3.55. The van der Waals surface area contributed by atoms with Crippen LogP contribution in [0.3, 0.4) is 0 Å². The van der Waals surface area contributed by atoms with Gasteiger partial charge in [0.25, 0.3) is 0 Å². The maximum Gasteiger partial charge on any atom is 0.331 e. The predicted molar refractivity (Wildman–Crippen MR) is 143 cm³/mol. The molecule has 1 saturated heterocycles. The smallest absolute Gasteiger partial charge is 0.331 e. The number of carbonyl (C=O) groups excluding carboxylic acids is 2. The van der Waals surface area contributed by atoms with Crippen LogP contribution >= 0.6 is 0 Å². The minimum Gasteiger partial charge on any atom is -0.454 e. The Bertz CT molecular complexity index is 1450. The highest BCUT2D eigenvalue weighted by Gasteiger charge is 2.25. The number of rotatable bonds is 8. The number of carbonyl (C=O) groups is 2. The number of aryl methyl sites for hydroxylation is 1. The Hall–Kier alpha value is -3.56. The summed E-state index contributed by atoms with van der Waals surface area (Å²) in [5.41, 5.74) is 2.55. The lowest BCUT2D eigenvalue weighted by molar-refractivity contribution is -0.136. The average molecular weight is 539 g/mol. The maximum absolute atomic E-state index is 14.3. The Morgan fingerprint density at radius 2 is 1.63 bits per heavy atom. The van der Waals surface area contributed by atoms with Gasteiger partial charge in [-0.1, -0.05) is 37.1 Å². The van der Waals surface area contributed by atoms with Crippen LogP contribution in [0.5, 0.6) is 0 Å². The molecule has 3 aromatic rings. The Kier molecular flexibility index (Phi) is 8.58. The quantitative estimate of drug-likeness (QED) is 0.223. The first-order chi connectivity index (χ1) is 18.2. The van der Waals surface area contributed by atoms with Crippen molar-refractivity contribution in [1.29, 1.82) is 0 Å². The lowest BCUT2D eigenvalue weighted by Crippen LogP contribution is -2.31. The zero-order chi connectivity index (χ0) is 27.3. The molecule has 200 valence electrons. The molecule has 2 heterocycles. The van der Waals surface area contributed by atoms with Crippen molar-refractivity contribution in [3.63, 3.8) is 0 Å². The van der Waals surface area contributed by atoms with Gasteiger partial charge in [0.1, 0.15) is 5.82 Å². The van der Waals surface area contributed by atoms with Crippen molar-refractivity contribution < 1.29 is 27.1 Å². The Labute approximate surface area is 222 Å². The second-order valence-electron chi connectivity index (χ2n) is 9.32. The molecule has 0 spiro atoms. The van der Waals surface area contributed by atoms with E-state index in [0.29, 0.717) is 41.3 Å². The van der Waals surface area contributed by atoms with E-state index in [1.807, 2.05) is 0 Å². The molecule has 0 saturated carbocycles. The zero-order valence-electron chi connectivity index (χ0n) is 21.5. The molecule has 4 rings (SSSR count). The normalized spacial score (nSPS) is 14.9. The molecular formula is C29H31FN2O5S. The van der Waals surface area contributed by atoms with Crippen LogP contribution < -0.4 is 0 Å². The van der Waals surface area contributed by atoms with Crippen molar-refractivity contribution in [3.8, 4) is 5.69 Å². The van der Waals surface area contributed by atoms with E-state index in [9.17, 15) is 22.4 Å². The van der Waals surface area contributed by atoms with E-state index in [0.717, 1.165) is 25.7 Å². The highest BCUT2D eigenvalue weighted by molar-refractivity contribution is 7.89. The summed E-state index contributed by atoms with van der Waals surface area (Å²) in [6, 6.07) is 14.2. The first-order valence-corrected chi connectivity index (χ1v) is 14.0. The first-order valence-electron chi connectivity index (χ1n) is 12.6. The van der Waals surface area contributed by atoms with Gasteiger partial charge in [-0.3, -0.25) is 4.79 Å². The number of aromatic nitrogens is 1. The van der Waals surface area contributed by atoms with Crippen LogP contribution in [0.4, 0.5) is 4.39 Å². The van der Waals surface area contributed by atoms with Gasteiger partial charge < -0.3 is 9.30 Å². The van der Waals surface area contributed by atoms with Crippen molar-refractivity contribution in [2.45, 2.75) is 44.4 Å². The summed E-state index contributed by atoms with van der Waals surface area (Å²) in [6.45, 7) is 4.08. The fraction of sp³-hybridized carbons (Fsp3) is 0.310. The molecule has 9 heteroatoms. The van der Waals surface area contributed by atoms with Gasteiger partial charge in [-0.05, 0) is 68.7 Å². The highest BCUT2D eigenvalue weighted by Crippen LogP contribution is 2.24. The predicted octanol–water partition coefficient (Wildman–Crippen LogP) is 5.24. The van der Waals surface area contributed by atoms with Gasteiger partial charge >= 0.3 is 5.97 Å². The minimum absolute atomic E-state index is 0.220. The standard InChI is InChI=1S/C29H31FN2O5S/c1-21-19-25(22(2)32(21)27-10-6-5-9-26(27)30)28(33)20-37-29(34)16-13-23-11-14-24(15-12-23)38(35,36)31-17-7-3-4-8-18-31/h5-6,9-16,19H,3-4,7-8,17-18,20H2,1-2H3/b16-13+.